The minimum absolute atomic E-state index is 0.0641. The van der Waals surface area contributed by atoms with E-state index < -0.39 is 33.2 Å². The zero-order chi connectivity index (χ0) is 22.9. The molecule has 0 aliphatic rings. The first kappa shape index (κ1) is 29.8. The Hall–Kier alpha value is -0.230. The van der Waals surface area contributed by atoms with Gasteiger partial charge in [0.1, 0.15) is 0 Å². The summed E-state index contributed by atoms with van der Waals surface area (Å²) in [5.74, 6) is -3.23. The van der Waals surface area contributed by atoms with Crippen LogP contribution >= 0.6 is 15.2 Å². The average molecular weight is 472 g/mol. The van der Waals surface area contributed by atoms with Crippen molar-refractivity contribution in [1.29, 1.82) is 0 Å². The molecule has 0 aliphatic heterocycles. The molecule has 0 saturated carbocycles. The van der Waals surface area contributed by atoms with Gasteiger partial charge >= 0.3 is 21.2 Å². The summed E-state index contributed by atoms with van der Waals surface area (Å²) in [6.45, 7) is 2.23. The number of unbranched alkanes of at least 4 members (excludes halogenated alkanes) is 14. The first-order valence-corrected chi connectivity index (χ1v) is 14.8. The maximum absolute atomic E-state index is 11.7. The van der Waals surface area contributed by atoms with Gasteiger partial charge in [0.25, 0.3) is 0 Å². The zero-order valence-corrected chi connectivity index (χ0v) is 20.2. The largest absolute Gasteiger partial charge is 0.407 e. The van der Waals surface area contributed by atoms with E-state index in [-0.39, 0.29) is 6.42 Å². The van der Waals surface area contributed by atoms with Crippen molar-refractivity contribution >= 4 is 21.2 Å². The molecular weight excluding hydrogens is 430 g/mol. The van der Waals surface area contributed by atoms with Gasteiger partial charge in [-0.25, -0.2) is 4.57 Å². The molecule has 0 aliphatic carbocycles. The van der Waals surface area contributed by atoms with Gasteiger partial charge in [-0.05, 0) is 6.42 Å². The van der Waals surface area contributed by atoms with E-state index in [1.165, 1.54) is 70.6 Å². The Labute approximate surface area is 181 Å². The third kappa shape index (κ3) is 18.5. The second-order valence-electron chi connectivity index (χ2n) is 8.06. The minimum Gasteiger partial charge on any atom is -0.390 e. The molecule has 0 aromatic carbocycles. The van der Waals surface area contributed by atoms with Crippen LogP contribution in [0.1, 0.15) is 110 Å². The Morgan fingerprint density at radius 3 is 1.47 bits per heavy atom. The Morgan fingerprint density at radius 1 is 0.733 bits per heavy atom. The van der Waals surface area contributed by atoms with Crippen LogP contribution in [-0.4, -0.2) is 37.8 Å². The van der Waals surface area contributed by atoms with Crippen LogP contribution in [0.2, 0.25) is 0 Å². The molecule has 8 nitrogen and oxygen atoms in total. The van der Waals surface area contributed by atoms with Crippen molar-refractivity contribution in [3.63, 3.8) is 0 Å². The number of aliphatic hydroxyl groups is 1. The topological polar surface area (TPSA) is 141 Å². The quantitative estimate of drug-likeness (QED) is 0.135. The normalized spacial score (nSPS) is 15.0. The summed E-state index contributed by atoms with van der Waals surface area (Å²) < 4.78 is 26.8. The summed E-state index contributed by atoms with van der Waals surface area (Å²) in [7, 11) is -9.50. The van der Waals surface area contributed by atoms with Gasteiger partial charge < -0.3 is 24.3 Å². The van der Waals surface area contributed by atoms with Crippen LogP contribution in [0.3, 0.4) is 0 Å². The van der Waals surface area contributed by atoms with Crippen LogP contribution in [0.5, 0.6) is 0 Å². The second-order valence-corrected chi connectivity index (χ2v) is 11.7. The molecule has 0 spiro atoms. The molecule has 0 radical (unpaired) electrons. The standard InChI is InChI=1S/C20H42O8P2/c1-2-3-4-5-6-7-8-9-10-11-12-13-14-15-16-17-19(21)28-30(26,27)20(22)18-29(23,24)25/h20,22H,2-18H2,1H3,(H,26,27)(H2,23,24,25). The third-order valence-corrected chi connectivity index (χ3v) is 7.51. The van der Waals surface area contributed by atoms with Gasteiger partial charge in [0.15, 0.2) is 5.85 Å². The molecule has 180 valence electrons. The van der Waals surface area contributed by atoms with Gasteiger partial charge in [-0.2, -0.15) is 0 Å². The molecule has 0 saturated heterocycles. The molecule has 0 aromatic rings. The van der Waals surface area contributed by atoms with Crippen molar-refractivity contribution in [3.05, 3.63) is 0 Å². The summed E-state index contributed by atoms with van der Waals surface area (Å²) in [5.41, 5.74) is 0. The molecule has 10 heteroatoms. The molecule has 0 bridgehead atoms. The third-order valence-electron chi connectivity index (χ3n) is 4.99. The van der Waals surface area contributed by atoms with E-state index >= 15 is 0 Å². The molecule has 0 amide bonds. The monoisotopic (exact) mass is 472 g/mol. The van der Waals surface area contributed by atoms with E-state index in [1.54, 1.807) is 0 Å². The van der Waals surface area contributed by atoms with Crippen LogP contribution in [0.4, 0.5) is 0 Å². The van der Waals surface area contributed by atoms with E-state index in [9.17, 15) is 23.9 Å². The van der Waals surface area contributed by atoms with Gasteiger partial charge in [0.05, 0.1) is 6.16 Å². The second kappa shape index (κ2) is 17.3. The zero-order valence-electron chi connectivity index (χ0n) is 18.4. The Balaban J connectivity index is 3.57. The van der Waals surface area contributed by atoms with Crippen molar-refractivity contribution in [2.75, 3.05) is 6.16 Å². The van der Waals surface area contributed by atoms with E-state index in [0.717, 1.165) is 19.3 Å². The molecule has 0 aromatic heterocycles. The Kier molecular flexibility index (Phi) is 17.2. The summed E-state index contributed by atoms with van der Waals surface area (Å²) in [4.78, 5) is 38.5. The minimum atomic E-state index is -4.81. The van der Waals surface area contributed by atoms with Crippen LogP contribution in [0, 0.1) is 0 Å². The molecule has 30 heavy (non-hydrogen) atoms. The summed E-state index contributed by atoms with van der Waals surface area (Å²) in [6.07, 6.45) is 16.4. The van der Waals surface area contributed by atoms with E-state index in [0.29, 0.717) is 6.42 Å². The first-order valence-electron chi connectivity index (χ1n) is 11.4. The maximum Gasteiger partial charge on any atom is 0.407 e. The van der Waals surface area contributed by atoms with E-state index in [1.807, 2.05) is 0 Å². The number of rotatable bonds is 20. The van der Waals surface area contributed by atoms with Crippen molar-refractivity contribution in [2.24, 2.45) is 0 Å². The smallest absolute Gasteiger partial charge is 0.390 e. The highest BCUT2D eigenvalue weighted by molar-refractivity contribution is 7.57. The van der Waals surface area contributed by atoms with E-state index in [2.05, 4.69) is 11.4 Å². The first-order chi connectivity index (χ1) is 14.1. The molecule has 0 fully saturated rings. The lowest BCUT2D eigenvalue weighted by molar-refractivity contribution is -0.135. The lowest BCUT2D eigenvalue weighted by Crippen LogP contribution is -2.17. The molecule has 2 atom stereocenters. The van der Waals surface area contributed by atoms with Crippen molar-refractivity contribution in [1.82, 2.24) is 0 Å². The van der Waals surface area contributed by atoms with Crippen molar-refractivity contribution < 1.29 is 38.2 Å². The lowest BCUT2D eigenvalue weighted by atomic mass is 10.0. The van der Waals surface area contributed by atoms with Crippen LogP contribution in [0.15, 0.2) is 0 Å². The SMILES string of the molecule is CCCCCCCCCCCCCCCCCC(=O)OP(=O)(O)C(O)CP(=O)(O)O. The predicted octanol–water partition coefficient (Wildman–Crippen LogP) is 5.47. The Morgan fingerprint density at radius 2 is 1.10 bits per heavy atom. The highest BCUT2D eigenvalue weighted by atomic mass is 31.2. The average Bonchev–Trinajstić information content (AvgIpc) is 2.63. The number of hydrogen-bond donors (Lipinski definition) is 4. The fourth-order valence-electron chi connectivity index (χ4n) is 3.21. The molecule has 2 unspecified atom stereocenters. The summed E-state index contributed by atoms with van der Waals surface area (Å²) in [5, 5.41) is 9.38. The fraction of sp³-hybridized carbons (Fsp3) is 0.950. The molecule has 4 N–H and O–H groups in total. The summed E-state index contributed by atoms with van der Waals surface area (Å²) in [6, 6.07) is 0. The fourth-order valence-corrected chi connectivity index (χ4v) is 5.60. The van der Waals surface area contributed by atoms with Gasteiger partial charge in [-0.3, -0.25) is 9.36 Å². The van der Waals surface area contributed by atoms with Crippen LogP contribution < -0.4 is 0 Å². The van der Waals surface area contributed by atoms with Gasteiger partial charge in [0, 0.05) is 6.42 Å². The predicted molar refractivity (Wildman–Crippen MR) is 118 cm³/mol. The van der Waals surface area contributed by atoms with Crippen LogP contribution in [0.25, 0.3) is 0 Å². The molecular formula is C20H42O8P2. The number of aliphatic hydroxyl groups excluding tert-OH is 1. The summed E-state index contributed by atoms with van der Waals surface area (Å²) >= 11 is 0. The Bertz CT molecular complexity index is 535. The lowest BCUT2D eigenvalue weighted by Gasteiger charge is -2.18. The van der Waals surface area contributed by atoms with Crippen molar-refractivity contribution in [2.45, 2.75) is 116 Å². The van der Waals surface area contributed by atoms with Gasteiger partial charge in [0.2, 0.25) is 0 Å². The maximum atomic E-state index is 11.7. The van der Waals surface area contributed by atoms with Gasteiger partial charge in [-0.1, -0.05) is 96.8 Å². The molecule has 0 heterocycles. The van der Waals surface area contributed by atoms with Crippen LogP contribution in [-0.2, 0) is 18.4 Å². The number of carbonyl (C=O) groups is 1. The van der Waals surface area contributed by atoms with E-state index in [4.69, 9.17) is 9.79 Å². The number of hydrogen-bond acceptors (Lipinski definition) is 5. The van der Waals surface area contributed by atoms with Gasteiger partial charge in [-0.15, -0.1) is 0 Å². The number of carbonyl (C=O) groups excluding carboxylic acids is 1. The van der Waals surface area contributed by atoms with Crippen molar-refractivity contribution in [3.8, 4) is 0 Å². The highest BCUT2D eigenvalue weighted by Gasteiger charge is 2.38. The highest BCUT2D eigenvalue weighted by Crippen LogP contribution is 2.51. The molecule has 0 rings (SSSR count).